The molecule has 0 fully saturated rings. The third kappa shape index (κ3) is 4.62. The van der Waals surface area contributed by atoms with Crippen molar-refractivity contribution < 1.29 is 19.1 Å². The average Bonchev–Trinajstić information content (AvgIpc) is 2.62. The Hall–Kier alpha value is -2.05. The molecule has 0 saturated carbocycles. The molecule has 2 N–H and O–H groups in total. The van der Waals surface area contributed by atoms with Gasteiger partial charge in [0.1, 0.15) is 11.4 Å². The minimum absolute atomic E-state index is 0.0933. The minimum atomic E-state index is -0.868. The number of hydrogen-bond donors (Lipinski definition) is 2. The van der Waals surface area contributed by atoms with Crippen LogP contribution in [0.4, 0.5) is 4.39 Å². The van der Waals surface area contributed by atoms with Gasteiger partial charge in [0, 0.05) is 29.3 Å². The van der Waals surface area contributed by atoms with Crippen LogP contribution in [0.25, 0.3) is 0 Å². The normalized spacial score (nSPS) is 10.9. The molecular weight excluding hydrogens is 472 g/mol. The number of nitrogens with one attached hydrogen (secondary N) is 1. The molecular formula is C17H19FIN3O5. The lowest BCUT2D eigenvalue weighted by molar-refractivity contribution is 0.0165. The molecule has 2 aromatic rings. The number of aliphatic hydroxyl groups is 1. The summed E-state index contributed by atoms with van der Waals surface area (Å²) < 4.78 is 17.1. The summed E-state index contributed by atoms with van der Waals surface area (Å²) in [4.78, 5) is 42.3. The molecule has 0 bridgehead atoms. The molecule has 0 aliphatic rings. The summed E-state index contributed by atoms with van der Waals surface area (Å²) in [5, 5.41) is 8.74. The zero-order chi connectivity index (χ0) is 20.1. The van der Waals surface area contributed by atoms with Crippen molar-refractivity contribution in [1.82, 2.24) is 14.6 Å². The molecule has 0 aliphatic heterocycles. The van der Waals surface area contributed by atoms with Crippen LogP contribution in [-0.4, -0.2) is 33.4 Å². The summed E-state index contributed by atoms with van der Waals surface area (Å²) >= 11 is 1.97. The lowest BCUT2D eigenvalue weighted by Gasteiger charge is -2.17. The first kappa shape index (κ1) is 21.3. The van der Waals surface area contributed by atoms with Crippen molar-refractivity contribution in [2.45, 2.75) is 19.9 Å². The van der Waals surface area contributed by atoms with Crippen LogP contribution in [0.15, 0.2) is 27.8 Å². The molecule has 0 unspecified atom stereocenters. The first-order chi connectivity index (χ1) is 12.8. The molecule has 27 heavy (non-hydrogen) atoms. The van der Waals surface area contributed by atoms with Crippen molar-refractivity contribution >= 4 is 28.5 Å². The Balaban J connectivity index is 2.63. The third-order valence-corrected chi connectivity index (χ3v) is 4.60. The Morgan fingerprint density at radius 3 is 2.67 bits per heavy atom. The molecule has 1 heterocycles. The minimum Gasteiger partial charge on any atom is -0.394 e. The topological polar surface area (TPSA) is 103 Å². The summed E-state index contributed by atoms with van der Waals surface area (Å²) in [7, 11) is 1.26. The van der Waals surface area contributed by atoms with E-state index in [0.29, 0.717) is 3.57 Å². The maximum Gasteiger partial charge on any atom is 0.330 e. The number of hydroxylamine groups is 1. The maximum absolute atomic E-state index is 14.3. The highest BCUT2D eigenvalue weighted by molar-refractivity contribution is 14.1. The van der Waals surface area contributed by atoms with Gasteiger partial charge in [0.2, 0.25) is 0 Å². The number of hydrogen-bond acceptors (Lipinski definition) is 5. The van der Waals surface area contributed by atoms with Gasteiger partial charge in [-0.05, 0) is 47.2 Å². The second-order valence-corrected chi connectivity index (χ2v) is 6.87. The Labute approximate surface area is 167 Å². The molecule has 1 amide bonds. The molecule has 10 heteroatoms. The van der Waals surface area contributed by atoms with Crippen LogP contribution in [0.5, 0.6) is 0 Å². The zero-order valence-corrected chi connectivity index (χ0v) is 16.9. The zero-order valence-electron chi connectivity index (χ0n) is 14.8. The fourth-order valence-corrected chi connectivity index (χ4v) is 3.06. The van der Waals surface area contributed by atoms with Crippen LogP contribution >= 0.6 is 22.6 Å². The van der Waals surface area contributed by atoms with E-state index >= 15 is 0 Å². The molecule has 0 aliphatic carbocycles. The van der Waals surface area contributed by atoms with Gasteiger partial charge in [-0.2, -0.15) is 0 Å². The van der Waals surface area contributed by atoms with E-state index in [0.717, 1.165) is 4.57 Å². The van der Waals surface area contributed by atoms with E-state index in [2.05, 4.69) is 5.48 Å². The van der Waals surface area contributed by atoms with Crippen molar-refractivity contribution in [3.05, 3.63) is 65.2 Å². The number of aliphatic hydroxyl groups excluding tert-OH is 1. The van der Waals surface area contributed by atoms with Crippen LogP contribution in [0.2, 0.25) is 0 Å². The van der Waals surface area contributed by atoms with E-state index in [9.17, 15) is 18.8 Å². The van der Waals surface area contributed by atoms with Gasteiger partial charge in [0.05, 0.1) is 13.2 Å². The second kappa shape index (κ2) is 9.24. The van der Waals surface area contributed by atoms with E-state index in [4.69, 9.17) is 9.94 Å². The van der Waals surface area contributed by atoms with Gasteiger partial charge in [-0.15, -0.1) is 0 Å². The lowest BCUT2D eigenvalue weighted by atomic mass is 10.0. The Kier molecular flexibility index (Phi) is 7.27. The number of carbonyl (C=O) groups excluding carboxylic acids is 1. The van der Waals surface area contributed by atoms with Gasteiger partial charge in [-0.1, -0.05) is 6.07 Å². The van der Waals surface area contributed by atoms with Gasteiger partial charge in [0.25, 0.3) is 11.5 Å². The Morgan fingerprint density at radius 2 is 2.07 bits per heavy atom. The van der Waals surface area contributed by atoms with Crippen LogP contribution < -0.4 is 16.7 Å². The molecule has 0 atom stereocenters. The first-order valence-electron chi connectivity index (χ1n) is 8.11. The summed E-state index contributed by atoms with van der Waals surface area (Å²) in [6.07, 6.45) is -0.120. The van der Waals surface area contributed by atoms with Crippen molar-refractivity contribution in [1.29, 1.82) is 0 Å². The van der Waals surface area contributed by atoms with Crippen molar-refractivity contribution in [2.24, 2.45) is 7.05 Å². The van der Waals surface area contributed by atoms with Gasteiger partial charge < -0.3 is 5.11 Å². The number of amides is 1. The number of benzene rings is 1. The number of aromatic nitrogens is 2. The molecule has 2 rings (SSSR count). The average molecular weight is 491 g/mol. The largest absolute Gasteiger partial charge is 0.394 e. The Bertz CT molecular complexity index is 970. The summed E-state index contributed by atoms with van der Waals surface area (Å²) in [6, 6.07) is 4.57. The second-order valence-electron chi connectivity index (χ2n) is 5.63. The molecule has 8 nitrogen and oxygen atoms in total. The van der Waals surface area contributed by atoms with Crippen LogP contribution in [-0.2, 0) is 24.9 Å². The smallest absolute Gasteiger partial charge is 0.330 e. The lowest BCUT2D eigenvalue weighted by Crippen LogP contribution is -2.45. The van der Waals surface area contributed by atoms with Crippen molar-refractivity contribution in [3.63, 3.8) is 0 Å². The van der Waals surface area contributed by atoms with Crippen LogP contribution in [0.1, 0.15) is 28.5 Å². The standard InChI is InChI=1S/C17H19FIN3O5/c1-3-22-13(8-10-4-5-11(19)9-12(10)18)14(15(24)20-27-7-6-23)16(25)21(2)17(22)26/h4-5,9,23H,3,6-8H2,1-2H3,(H,20,24). The van der Waals surface area contributed by atoms with E-state index in [1.54, 1.807) is 19.1 Å². The number of nitrogens with zero attached hydrogens (tertiary/aromatic N) is 2. The molecule has 1 aromatic heterocycles. The number of halogens is 2. The first-order valence-corrected chi connectivity index (χ1v) is 9.19. The van der Waals surface area contributed by atoms with Gasteiger partial charge in [-0.3, -0.25) is 23.6 Å². The van der Waals surface area contributed by atoms with E-state index in [-0.39, 0.29) is 43.0 Å². The van der Waals surface area contributed by atoms with Crippen molar-refractivity contribution in [3.8, 4) is 0 Å². The monoisotopic (exact) mass is 491 g/mol. The molecule has 0 saturated heterocycles. The predicted octanol–water partition coefficient (Wildman–Crippen LogP) is 0.555. The van der Waals surface area contributed by atoms with Crippen LogP contribution in [0.3, 0.4) is 0 Å². The SMILES string of the molecule is CCn1c(Cc2ccc(I)cc2F)c(C(=O)NOCCO)c(=O)n(C)c1=O. The summed E-state index contributed by atoms with van der Waals surface area (Å²) in [5.74, 6) is -1.37. The highest BCUT2D eigenvalue weighted by Crippen LogP contribution is 2.17. The van der Waals surface area contributed by atoms with Gasteiger partial charge in [-0.25, -0.2) is 14.7 Å². The maximum atomic E-state index is 14.3. The predicted molar refractivity (Wildman–Crippen MR) is 104 cm³/mol. The molecule has 0 spiro atoms. The Morgan fingerprint density at radius 1 is 1.37 bits per heavy atom. The third-order valence-electron chi connectivity index (χ3n) is 3.93. The fraction of sp³-hybridized carbons (Fsp3) is 0.353. The van der Waals surface area contributed by atoms with E-state index in [1.807, 2.05) is 22.6 Å². The highest BCUT2D eigenvalue weighted by Gasteiger charge is 2.24. The number of carbonyl (C=O) groups is 1. The van der Waals surface area contributed by atoms with Gasteiger partial charge >= 0.3 is 5.69 Å². The van der Waals surface area contributed by atoms with Crippen LogP contribution in [0, 0.1) is 9.39 Å². The van der Waals surface area contributed by atoms with E-state index in [1.165, 1.54) is 17.7 Å². The quantitative estimate of drug-likeness (QED) is 0.335. The summed E-state index contributed by atoms with van der Waals surface area (Å²) in [5.41, 5.74) is 0.685. The summed E-state index contributed by atoms with van der Waals surface area (Å²) in [6.45, 7) is 1.38. The molecule has 0 radical (unpaired) electrons. The highest BCUT2D eigenvalue weighted by atomic mass is 127. The van der Waals surface area contributed by atoms with Crippen molar-refractivity contribution in [2.75, 3.05) is 13.2 Å². The number of rotatable bonds is 7. The fourth-order valence-electron chi connectivity index (χ4n) is 2.61. The van der Waals surface area contributed by atoms with E-state index < -0.39 is 23.0 Å². The van der Waals surface area contributed by atoms with Gasteiger partial charge in [0.15, 0.2) is 0 Å². The molecule has 1 aromatic carbocycles. The molecule has 146 valence electrons.